The van der Waals surface area contributed by atoms with Gasteiger partial charge < -0.3 is 20.0 Å². The second kappa shape index (κ2) is 6.75. The van der Waals surface area contributed by atoms with E-state index >= 15 is 0 Å². The molecule has 0 aromatic heterocycles. The lowest BCUT2D eigenvalue weighted by Gasteiger charge is -2.37. The Balaban J connectivity index is 2.61. The minimum atomic E-state index is -0.895. The predicted molar refractivity (Wildman–Crippen MR) is 70.8 cm³/mol. The SMILES string of the molecule is CCN(CC(C)C(=O)O)C(=O)N1CCC(O)C(C)C1. The molecule has 1 heterocycles. The topological polar surface area (TPSA) is 81.1 Å². The third-order valence-corrected chi connectivity index (χ3v) is 3.70. The average Bonchev–Trinajstić information content (AvgIpc) is 2.37. The van der Waals surface area contributed by atoms with Crippen molar-refractivity contribution >= 4 is 12.0 Å². The van der Waals surface area contributed by atoms with E-state index in [0.717, 1.165) is 0 Å². The zero-order chi connectivity index (χ0) is 14.6. The van der Waals surface area contributed by atoms with Crippen molar-refractivity contribution in [2.45, 2.75) is 33.3 Å². The molecule has 1 aliphatic heterocycles. The zero-order valence-corrected chi connectivity index (χ0v) is 11.9. The first kappa shape index (κ1) is 15.8. The molecule has 110 valence electrons. The van der Waals surface area contributed by atoms with Gasteiger partial charge in [0.15, 0.2) is 0 Å². The highest BCUT2D eigenvalue weighted by Gasteiger charge is 2.30. The van der Waals surface area contributed by atoms with Crippen LogP contribution in [0.2, 0.25) is 0 Å². The van der Waals surface area contributed by atoms with Crippen molar-refractivity contribution in [2.75, 3.05) is 26.2 Å². The number of hydrogen-bond acceptors (Lipinski definition) is 3. The van der Waals surface area contributed by atoms with Crippen LogP contribution in [-0.2, 0) is 4.79 Å². The molecule has 0 radical (unpaired) electrons. The molecular formula is C13H24N2O4. The van der Waals surface area contributed by atoms with Crippen LogP contribution in [0, 0.1) is 11.8 Å². The number of rotatable bonds is 4. The van der Waals surface area contributed by atoms with Crippen molar-refractivity contribution in [3.63, 3.8) is 0 Å². The number of carbonyl (C=O) groups excluding carboxylic acids is 1. The number of aliphatic carboxylic acids is 1. The Hall–Kier alpha value is -1.30. The van der Waals surface area contributed by atoms with Crippen LogP contribution < -0.4 is 0 Å². The molecule has 3 unspecified atom stereocenters. The number of likely N-dealkylation sites (tertiary alicyclic amines) is 1. The summed E-state index contributed by atoms with van der Waals surface area (Å²) >= 11 is 0. The second-order valence-electron chi connectivity index (χ2n) is 5.34. The standard InChI is InChI=1S/C13H24N2O4/c1-4-14(8-10(3)12(17)18)13(19)15-6-5-11(16)9(2)7-15/h9-11,16H,4-8H2,1-3H3,(H,17,18). The Kier molecular flexibility index (Phi) is 5.60. The van der Waals surface area contributed by atoms with Crippen molar-refractivity contribution in [1.29, 1.82) is 0 Å². The highest BCUT2D eigenvalue weighted by molar-refractivity contribution is 5.76. The number of nitrogens with zero attached hydrogens (tertiary/aromatic N) is 2. The summed E-state index contributed by atoms with van der Waals surface area (Å²) < 4.78 is 0. The fourth-order valence-electron chi connectivity index (χ4n) is 2.26. The highest BCUT2D eigenvalue weighted by atomic mass is 16.4. The van der Waals surface area contributed by atoms with Gasteiger partial charge in [-0.15, -0.1) is 0 Å². The summed E-state index contributed by atoms with van der Waals surface area (Å²) in [4.78, 5) is 26.4. The minimum Gasteiger partial charge on any atom is -0.481 e. The molecular weight excluding hydrogens is 248 g/mol. The fraction of sp³-hybridized carbons (Fsp3) is 0.846. The number of hydrogen-bond donors (Lipinski definition) is 2. The monoisotopic (exact) mass is 272 g/mol. The maximum Gasteiger partial charge on any atom is 0.320 e. The molecule has 0 spiro atoms. The molecule has 19 heavy (non-hydrogen) atoms. The fourth-order valence-corrected chi connectivity index (χ4v) is 2.26. The van der Waals surface area contributed by atoms with E-state index in [0.29, 0.717) is 26.1 Å². The highest BCUT2D eigenvalue weighted by Crippen LogP contribution is 2.18. The van der Waals surface area contributed by atoms with E-state index in [4.69, 9.17) is 5.11 Å². The van der Waals surface area contributed by atoms with Crippen LogP contribution in [0.4, 0.5) is 4.79 Å². The van der Waals surface area contributed by atoms with Crippen molar-refractivity contribution < 1.29 is 19.8 Å². The molecule has 0 bridgehead atoms. The van der Waals surface area contributed by atoms with E-state index in [2.05, 4.69) is 0 Å². The quantitative estimate of drug-likeness (QED) is 0.795. The van der Waals surface area contributed by atoms with Crippen molar-refractivity contribution in [3.8, 4) is 0 Å². The number of carboxylic acids is 1. The van der Waals surface area contributed by atoms with Gasteiger partial charge >= 0.3 is 12.0 Å². The van der Waals surface area contributed by atoms with Crippen LogP contribution in [0.1, 0.15) is 27.2 Å². The van der Waals surface area contributed by atoms with Gasteiger partial charge in [-0.2, -0.15) is 0 Å². The molecule has 0 aliphatic carbocycles. The number of carbonyl (C=O) groups is 2. The van der Waals surface area contributed by atoms with Crippen LogP contribution in [0.5, 0.6) is 0 Å². The summed E-state index contributed by atoms with van der Waals surface area (Å²) in [5.74, 6) is -1.40. The Morgan fingerprint density at radius 3 is 2.58 bits per heavy atom. The van der Waals surface area contributed by atoms with E-state index in [1.165, 1.54) is 0 Å². The Morgan fingerprint density at radius 1 is 1.47 bits per heavy atom. The molecule has 2 N–H and O–H groups in total. The van der Waals surface area contributed by atoms with Crippen molar-refractivity contribution in [1.82, 2.24) is 9.80 Å². The number of amides is 2. The van der Waals surface area contributed by atoms with E-state index in [1.807, 2.05) is 13.8 Å². The van der Waals surface area contributed by atoms with Gasteiger partial charge in [0.2, 0.25) is 0 Å². The lowest BCUT2D eigenvalue weighted by molar-refractivity contribution is -0.141. The molecule has 3 atom stereocenters. The third kappa shape index (κ3) is 4.09. The molecule has 0 aromatic carbocycles. The maximum atomic E-state index is 12.3. The molecule has 6 heteroatoms. The molecule has 6 nitrogen and oxygen atoms in total. The summed E-state index contributed by atoms with van der Waals surface area (Å²) in [6.07, 6.45) is 0.232. The van der Waals surface area contributed by atoms with Gasteiger partial charge in [0.1, 0.15) is 0 Å². The Bertz CT molecular complexity index is 335. The average molecular weight is 272 g/mol. The lowest BCUT2D eigenvalue weighted by atomic mass is 9.97. The van der Waals surface area contributed by atoms with Crippen LogP contribution in [-0.4, -0.2) is 64.3 Å². The summed E-state index contributed by atoms with van der Waals surface area (Å²) in [5.41, 5.74) is 0. The predicted octanol–water partition coefficient (Wildman–Crippen LogP) is 0.852. The number of aliphatic hydroxyl groups excluding tert-OH is 1. The van der Waals surface area contributed by atoms with Crippen molar-refractivity contribution in [3.05, 3.63) is 0 Å². The Morgan fingerprint density at radius 2 is 2.11 bits per heavy atom. The minimum absolute atomic E-state index is 0.0632. The van der Waals surface area contributed by atoms with Gasteiger partial charge in [0.05, 0.1) is 12.0 Å². The summed E-state index contributed by atoms with van der Waals surface area (Å²) in [5, 5.41) is 18.6. The molecule has 1 fully saturated rings. The van der Waals surface area contributed by atoms with E-state index in [9.17, 15) is 14.7 Å². The first-order chi connectivity index (χ1) is 8.86. The van der Waals surface area contributed by atoms with Gasteiger partial charge in [0, 0.05) is 26.2 Å². The lowest BCUT2D eigenvalue weighted by Crippen LogP contribution is -2.51. The molecule has 0 saturated carbocycles. The van der Waals surface area contributed by atoms with Crippen LogP contribution in [0.3, 0.4) is 0 Å². The number of urea groups is 1. The maximum absolute atomic E-state index is 12.3. The second-order valence-corrected chi connectivity index (χ2v) is 5.34. The van der Waals surface area contributed by atoms with E-state index in [-0.39, 0.29) is 24.6 Å². The van der Waals surface area contributed by atoms with E-state index < -0.39 is 11.9 Å². The smallest absolute Gasteiger partial charge is 0.320 e. The first-order valence-electron chi connectivity index (χ1n) is 6.81. The molecule has 1 aliphatic rings. The van der Waals surface area contributed by atoms with Gasteiger partial charge in [0.25, 0.3) is 0 Å². The normalized spacial score (nSPS) is 24.9. The van der Waals surface area contributed by atoms with E-state index in [1.54, 1.807) is 16.7 Å². The summed E-state index contributed by atoms with van der Waals surface area (Å²) in [7, 11) is 0. The Labute approximate surface area is 114 Å². The van der Waals surface area contributed by atoms with Gasteiger partial charge in [-0.1, -0.05) is 13.8 Å². The van der Waals surface area contributed by atoms with Crippen LogP contribution in [0.15, 0.2) is 0 Å². The largest absolute Gasteiger partial charge is 0.481 e. The number of aliphatic hydroxyl groups is 1. The molecule has 2 amide bonds. The van der Waals surface area contributed by atoms with Gasteiger partial charge in [-0.05, 0) is 19.3 Å². The molecule has 1 rings (SSSR count). The molecule has 1 saturated heterocycles. The third-order valence-electron chi connectivity index (χ3n) is 3.70. The van der Waals surface area contributed by atoms with Crippen LogP contribution in [0.25, 0.3) is 0 Å². The first-order valence-corrected chi connectivity index (χ1v) is 6.81. The van der Waals surface area contributed by atoms with Crippen LogP contribution >= 0.6 is 0 Å². The zero-order valence-electron chi connectivity index (χ0n) is 11.9. The van der Waals surface area contributed by atoms with Gasteiger partial charge in [-0.3, -0.25) is 4.79 Å². The molecule has 0 aromatic rings. The van der Waals surface area contributed by atoms with Crippen molar-refractivity contribution in [2.24, 2.45) is 11.8 Å². The van der Waals surface area contributed by atoms with Gasteiger partial charge in [-0.25, -0.2) is 4.79 Å². The summed E-state index contributed by atoms with van der Waals surface area (Å²) in [6.45, 7) is 7.12. The summed E-state index contributed by atoms with van der Waals surface area (Å²) in [6, 6.07) is -0.130. The number of carboxylic acid groups (broad SMARTS) is 1. The number of piperidine rings is 1.